The van der Waals surface area contributed by atoms with Gasteiger partial charge in [-0.15, -0.1) is 0 Å². The Kier molecular flexibility index (Phi) is 4.71. The average Bonchev–Trinajstić information content (AvgIpc) is 2.43. The van der Waals surface area contributed by atoms with Gasteiger partial charge < -0.3 is 4.74 Å². The molecule has 118 valence electrons. The van der Waals surface area contributed by atoms with E-state index in [1.165, 1.54) is 0 Å². The molecule has 0 spiro atoms. The Morgan fingerprint density at radius 2 is 1.82 bits per heavy atom. The number of hydrogen-bond acceptors (Lipinski definition) is 4. The first-order chi connectivity index (χ1) is 10.3. The van der Waals surface area contributed by atoms with Crippen LogP contribution in [0, 0.1) is 20.8 Å². The van der Waals surface area contributed by atoms with Gasteiger partial charge in [-0.2, -0.15) is 0 Å². The molecule has 0 bridgehead atoms. The normalized spacial score (nSPS) is 11.3. The van der Waals surface area contributed by atoms with Crippen molar-refractivity contribution in [3.63, 3.8) is 0 Å². The van der Waals surface area contributed by atoms with Crippen molar-refractivity contribution < 1.29 is 13.2 Å². The maximum Gasteiger partial charge on any atom is 0.263 e. The number of benzene rings is 1. The second-order valence-corrected chi connectivity index (χ2v) is 6.67. The summed E-state index contributed by atoms with van der Waals surface area (Å²) >= 11 is 0. The van der Waals surface area contributed by atoms with Gasteiger partial charge in [0, 0.05) is 5.69 Å². The van der Waals surface area contributed by atoms with Crippen LogP contribution in [0.25, 0.3) is 0 Å². The molecule has 0 atom stereocenters. The van der Waals surface area contributed by atoms with E-state index >= 15 is 0 Å². The Morgan fingerprint density at radius 3 is 2.45 bits per heavy atom. The van der Waals surface area contributed by atoms with Crippen LogP contribution < -0.4 is 9.46 Å². The van der Waals surface area contributed by atoms with E-state index in [0.29, 0.717) is 23.7 Å². The quantitative estimate of drug-likeness (QED) is 0.918. The Bertz CT molecular complexity index is 786. The van der Waals surface area contributed by atoms with E-state index in [1.54, 1.807) is 31.2 Å². The van der Waals surface area contributed by atoms with Crippen LogP contribution in [0.1, 0.15) is 23.7 Å². The summed E-state index contributed by atoms with van der Waals surface area (Å²) in [6, 6.07) is 8.44. The first kappa shape index (κ1) is 16.3. The lowest BCUT2D eigenvalue weighted by Crippen LogP contribution is -2.16. The molecule has 0 aliphatic rings. The number of rotatable bonds is 5. The van der Waals surface area contributed by atoms with Gasteiger partial charge in [0.15, 0.2) is 0 Å². The molecule has 0 saturated heterocycles. The summed E-state index contributed by atoms with van der Waals surface area (Å²) in [5, 5.41) is 0. The summed E-state index contributed by atoms with van der Waals surface area (Å²) in [6.45, 7) is 7.87. The maximum absolute atomic E-state index is 12.6. The summed E-state index contributed by atoms with van der Waals surface area (Å²) in [4.78, 5) is 4.40. The molecule has 2 aromatic rings. The smallest absolute Gasteiger partial charge is 0.263 e. The molecule has 1 heterocycles. The molecule has 0 saturated carbocycles. The van der Waals surface area contributed by atoms with Crippen molar-refractivity contribution in [2.75, 3.05) is 11.3 Å². The largest absolute Gasteiger partial charge is 0.494 e. The van der Waals surface area contributed by atoms with Gasteiger partial charge in [0.1, 0.15) is 11.6 Å². The van der Waals surface area contributed by atoms with E-state index in [-0.39, 0.29) is 4.90 Å². The lowest BCUT2D eigenvalue weighted by molar-refractivity contribution is 0.337. The van der Waals surface area contributed by atoms with Gasteiger partial charge in [-0.05, 0) is 63.1 Å². The van der Waals surface area contributed by atoms with E-state index < -0.39 is 10.0 Å². The first-order valence-electron chi connectivity index (χ1n) is 7.04. The number of anilines is 1. The van der Waals surface area contributed by atoms with E-state index in [1.807, 2.05) is 26.8 Å². The molecular formula is C16H20N2O3S. The molecular weight excluding hydrogens is 300 g/mol. The number of pyridine rings is 1. The maximum atomic E-state index is 12.6. The molecule has 1 N–H and O–H groups in total. The molecule has 22 heavy (non-hydrogen) atoms. The predicted octanol–water partition coefficient (Wildman–Crippen LogP) is 3.21. The minimum Gasteiger partial charge on any atom is -0.494 e. The zero-order chi connectivity index (χ0) is 16.3. The van der Waals surface area contributed by atoms with Crippen molar-refractivity contribution in [2.45, 2.75) is 32.6 Å². The Morgan fingerprint density at radius 1 is 1.09 bits per heavy atom. The third-order valence-corrected chi connectivity index (χ3v) is 4.90. The second-order valence-electron chi connectivity index (χ2n) is 5.01. The van der Waals surface area contributed by atoms with Gasteiger partial charge in [-0.25, -0.2) is 13.4 Å². The van der Waals surface area contributed by atoms with Gasteiger partial charge in [0.25, 0.3) is 10.0 Å². The predicted molar refractivity (Wildman–Crippen MR) is 86.9 cm³/mol. The van der Waals surface area contributed by atoms with Crippen LogP contribution in [0.3, 0.4) is 0 Å². The van der Waals surface area contributed by atoms with Crippen molar-refractivity contribution in [3.05, 3.63) is 47.2 Å². The van der Waals surface area contributed by atoms with Crippen LogP contribution in [0.2, 0.25) is 0 Å². The molecule has 0 aliphatic carbocycles. The van der Waals surface area contributed by atoms with Crippen LogP contribution in [-0.2, 0) is 10.0 Å². The number of nitrogens with zero attached hydrogens (tertiary/aromatic N) is 1. The van der Waals surface area contributed by atoms with Gasteiger partial charge in [0.2, 0.25) is 0 Å². The highest BCUT2D eigenvalue weighted by Gasteiger charge is 2.20. The molecule has 2 rings (SSSR count). The highest BCUT2D eigenvalue weighted by molar-refractivity contribution is 7.92. The number of nitrogens with one attached hydrogen (secondary N) is 1. The van der Waals surface area contributed by atoms with Gasteiger partial charge >= 0.3 is 0 Å². The average molecular weight is 320 g/mol. The van der Waals surface area contributed by atoms with Crippen molar-refractivity contribution in [1.29, 1.82) is 0 Å². The molecule has 1 aromatic heterocycles. The molecule has 0 unspecified atom stereocenters. The van der Waals surface area contributed by atoms with E-state index in [4.69, 9.17) is 4.74 Å². The highest BCUT2D eigenvalue weighted by atomic mass is 32.2. The Balaban J connectivity index is 2.40. The zero-order valence-electron chi connectivity index (χ0n) is 13.2. The minimum atomic E-state index is -3.68. The lowest BCUT2D eigenvalue weighted by atomic mass is 10.1. The Labute approximate surface area is 131 Å². The van der Waals surface area contributed by atoms with Crippen molar-refractivity contribution in [3.8, 4) is 5.75 Å². The fraction of sp³-hybridized carbons (Fsp3) is 0.312. The summed E-state index contributed by atoms with van der Waals surface area (Å²) in [7, 11) is -3.68. The third kappa shape index (κ3) is 3.39. The van der Waals surface area contributed by atoms with Crippen molar-refractivity contribution >= 4 is 15.8 Å². The molecule has 0 radical (unpaired) electrons. The fourth-order valence-electron chi connectivity index (χ4n) is 2.17. The van der Waals surface area contributed by atoms with Crippen LogP contribution in [0.5, 0.6) is 5.75 Å². The molecule has 0 fully saturated rings. The van der Waals surface area contributed by atoms with Crippen LogP contribution in [0.15, 0.2) is 35.2 Å². The fourth-order valence-corrected chi connectivity index (χ4v) is 3.47. The number of aromatic nitrogens is 1. The van der Waals surface area contributed by atoms with Crippen LogP contribution >= 0.6 is 0 Å². The molecule has 1 aromatic carbocycles. The topological polar surface area (TPSA) is 68.3 Å². The molecule has 0 amide bonds. The monoisotopic (exact) mass is 320 g/mol. The highest BCUT2D eigenvalue weighted by Crippen LogP contribution is 2.28. The lowest BCUT2D eigenvalue weighted by Gasteiger charge is -2.14. The molecule has 6 heteroatoms. The van der Waals surface area contributed by atoms with Gasteiger partial charge in [-0.1, -0.05) is 6.07 Å². The molecule has 5 nitrogen and oxygen atoms in total. The van der Waals surface area contributed by atoms with E-state index in [2.05, 4.69) is 9.71 Å². The minimum absolute atomic E-state index is 0.233. The van der Waals surface area contributed by atoms with Crippen molar-refractivity contribution in [2.24, 2.45) is 0 Å². The number of ether oxygens (including phenoxy) is 1. The Hall–Kier alpha value is -2.08. The van der Waals surface area contributed by atoms with E-state index in [0.717, 1.165) is 11.3 Å². The van der Waals surface area contributed by atoms with Crippen LogP contribution in [-0.4, -0.2) is 20.0 Å². The summed E-state index contributed by atoms with van der Waals surface area (Å²) in [5.74, 6) is 1.01. The number of aryl methyl sites for hydroxylation is 1. The van der Waals surface area contributed by atoms with Crippen LogP contribution in [0.4, 0.5) is 5.82 Å². The third-order valence-electron chi connectivity index (χ3n) is 3.40. The van der Waals surface area contributed by atoms with Crippen molar-refractivity contribution in [1.82, 2.24) is 4.98 Å². The van der Waals surface area contributed by atoms with Gasteiger partial charge in [-0.3, -0.25) is 4.72 Å². The summed E-state index contributed by atoms with van der Waals surface area (Å²) in [5.41, 5.74) is 2.24. The zero-order valence-corrected chi connectivity index (χ0v) is 14.0. The second kappa shape index (κ2) is 6.36. The molecule has 0 aliphatic heterocycles. The van der Waals surface area contributed by atoms with E-state index in [9.17, 15) is 8.42 Å². The number of sulfonamides is 1. The SMILES string of the molecule is CCOc1ccc(S(=O)(=O)Nc2cccc(C)n2)c(C)c1C. The summed E-state index contributed by atoms with van der Waals surface area (Å²) < 4.78 is 33.1. The van der Waals surface area contributed by atoms with Gasteiger partial charge in [0.05, 0.1) is 11.5 Å². The standard InChI is InChI=1S/C16H20N2O3S/c1-5-21-14-9-10-15(13(4)12(14)3)22(19,20)18-16-8-6-7-11(2)17-16/h6-10H,5H2,1-4H3,(H,17,18). The summed E-state index contributed by atoms with van der Waals surface area (Å²) in [6.07, 6.45) is 0. The first-order valence-corrected chi connectivity index (χ1v) is 8.53. The number of hydrogen-bond donors (Lipinski definition) is 1.